The Kier molecular flexibility index (Phi) is 10.2. The third-order valence-corrected chi connectivity index (χ3v) is 6.04. The SMILES string of the molecule is CCCCOCCCCCCCCCc1cc2cn([C@H]3C[C@H](O)[C@@H](CO)O3)c(=O)nc2o1. The van der Waals surface area contributed by atoms with E-state index < -0.39 is 24.1 Å². The number of unbranched alkanes of at least 4 members (excludes halogenated alkanes) is 7. The number of nitrogens with zero attached hydrogens (tertiary/aromatic N) is 2. The van der Waals surface area contributed by atoms with Crippen LogP contribution in [0, 0.1) is 0 Å². The number of aliphatic hydroxyl groups is 2. The summed E-state index contributed by atoms with van der Waals surface area (Å²) in [6.07, 6.45) is 11.3. The lowest BCUT2D eigenvalue weighted by molar-refractivity contribution is -0.0457. The zero-order chi connectivity index (χ0) is 22.8. The van der Waals surface area contributed by atoms with Crippen molar-refractivity contribution in [2.75, 3.05) is 19.8 Å². The second-order valence-corrected chi connectivity index (χ2v) is 8.71. The van der Waals surface area contributed by atoms with Gasteiger partial charge in [0.05, 0.1) is 18.1 Å². The predicted octanol–water partition coefficient (Wildman–Crippen LogP) is 3.72. The van der Waals surface area contributed by atoms with E-state index >= 15 is 0 Å². The molecule has 0 bridgehead atoms. The summed E-state index contributed by atoms with van der Waals surface area (Å²) in [5, 5.41) is 19.9. The first-order valence-electron chi connectivity index (χ1n) is 12.2. The molecule has 3 atom stereocenters. The van der Waals surface area contributed by atoms with Crippen molar-refractivity contribution in [2.24, 2.45) is 0 Å². The molecule has 1 fully saturated rings. The molecule has 0 unspecified atom stereocenters. The van der Waals surface area contributed by atoms with Gasteiger partial charge in [-0.1, -0.05) is 45.4 Å². The van der Waals surface area contributed by atoms with Gasteiger partial charge in [-0.25, -0.2) is 4.79 Å². The quantitative estimate of drug-likeness (QED) is 0.398. The van der Waals surface area contributed by atoms with Crippen molar-refractivity contribution in [3.05, 3.63) is 28.5 Å². The van der Waals surface area contributed by atoms with E-state index in [1.165, 1.54) is 36.7 Å². The minimum absolute atomic E-state index is 0.245. The molecule has 8 heteroatoms. The first-order chi connectivity index (χ1) is 15.6. The third-order valence-electron chi connectivity index (χ3n) is 6.04. The van der Waals surface area contributed by atoms with E-state index in [1.807, 2.05) is 6.07 Å². The molecule has 3 heterocycles. The molecule has 0 spiro atoms. The number of hydrogen-bond donors (Lipinski definition) is 2. The lowest BCUT2D eigenvalue weighted by Crippen LogP contribution is -2.27. The molecular weight excluding hydrogens is 412 g/mol. The summed E-state index contributed by atoms with van der Waals surface area (Å²) < 4.78 is 18.3. The van der Waals surface area contributed by atoms with E-state index in [1.54, 1.807) is 6.20 Å². The average molecular weight is 451 g/mol. The molecule has 8 nitrogen and oxygen atoms in total. The van der Waals surface area contributed by atoms with E-state index in [0.717, 1.165) is 56.5 Å². The first kappa shape index (κ1) is 24.9. The topological polar surface area (TPSA) is 107 Å². The van der Waals surface area contributed by atoms with Crippen LogP contribution in [0.25, 0.3) is 11.1 Å². The number of hydrogen-bond acceptors (Lipinski definition) is 7. The van der Waals surface area contributed by atoms with Gasteiger partial charge in [0.2, 0.25) is 5.71 Å². The van der Waals surface area contributed by atoms with Crippen LogP contribution in [0.15, 0.2) is 21.5 Å². The van der Waals surface area contributed by atoms with Crippen molar-refractivity contribution in [2.45, 2.75) is 96.0 Å². The fourth-order valence-corrected chi connectivity index (χ4v) is 4.09. The van der Waals surface area contributed by atoms with Crippen molar-refractivity contribution < 1.29 is 24.1 Å². The highest BCUT2D eigenvalue weighted by Crippen LogP contribution is 2.28. The monoisotopic (exact) mass is 450 g/mol. The molecule has 32 heavy (non-hydrogen) atoms. The number of ether oxygens (including phenoxy) is 2. The van der Waals surface area contributed by atoms with E-state index in [-0.39, 0.29) is 13.0 Å². The molecule has 0 amide bonds. The van der Waals surface area contributed by atoms with Crippen LogP contribution in [0.4, 0.5) is 0 Å². The Morgan fingerprint density at radius 1 is 1.12 bits per heavy atom. The van der Waals surface area contributed by atoms with Gasteiger partial charge in [0, 0.05) is 32.3 Å². The van der Waals surface area contributed by atoms with Crippen molar-refractivity contribution in [1.82, 2.24) is 9.55 Å². The highest BCUT2D eigenvalue weighted by atomic mass is 16.5. The van der Waals surface area contributed by atoms with Crippen molar-refractivity contribution in [3.63, 3.8) is 0 Å². The molecule has 2 N–H and O–H groups in total. The summed E-state index contributed by atoms with van der Waals surface area (Å²) in [4.78, 5) is 16.4. The molecule has 0 aromatic carbocycles. The first-order valence-corrected chi connectivity index (χ1v) is 12.2. The molecule has 2 aromatic rings. The molecule has 0 saturated carbocycles. The zero-order valence-corrected chi connectivity index (χ0v) is 19.2. The third kappa shape index (κ3) is 7.13. The standard InChI is InChI=1S/C24H38N2O6/c1-2-3-12-30-13-10-8-6-4-5-7-9-11-19-14-18-16-26(24(29)25-23(18)31-19)22-15-20(28)21(17-27)32-22/h14,16,20-22,27-28H,2-13,15,17H2,1H3/t20-,21+,22+/m0/s1. The average Bonchev–Trinajstić information content (AvgIpc) is 3.35. The predicted molar refractivity (Wildman–Crippen MR) is 122 cm³/mol. The van der Waals surface area contributed by atoms with Crippen LogP contribution in [-0.4, -0.2) is 51.8 Å². The Bertz CT molecular complexity index is 864. The van der Waals surface area contributed by atoms with Crippen LogP contribution in [0.3, 0.4) is 0 Å². The largest absolute Gasteiger partial charge is 0.443 e. The van der Waals surface area contributed by atoms with Gasteiger partial charge in [0.15, 0.2) is 0 Å². The van der Waals surface area contributed by atoms with Gasteiger partial charge in [-0.3, -0.25) is 4.57 Å². The smallest absolute Gasteiger partial charge is 0.353 e. The second kappa shape index (κ2) is 13.1. The van der Waals surface area contributed by atoms with E-state index in [0.29, 0.717) is 5.71 Å². The highest BCUT2D eigenvalue weighted by Gasteiger charge is 2.35. The summed E-state index contributed by atoms with van der Waals surface area (Å²) in [6.45, 7) is 3.68. The van der Waals surface area contributed by atoms with Crippen LogP contribution in [0.5, 0.6) is 0 Å². The molecule has 1 aliphatic heterocycles. The summed E-state index contributed by atoms with van der Waals surface area (Å²) in [5.41, 5.74) is -0.149. The zero-order valence-electron chi connectivity index (χ0n) is 19.2. The normalized spacial score (nSPS) is 21.0. The molecule has 2 aromatic heterocycles. The van der Waals surface area contributed by atoms with Gasteiger partial charge in [-0.05, 0) is 25.3 Å². The Labute approximate surface area is 189 Å². The molecule has 3 rings (SSSR count). The molecule has 0 radical (unpaired) electrons. The number of aliphatic hydroxyl groups excluding tert-OH is 2. The maximum atomic E-state index is 12.4. The van der Waals surface area contributed by atoms with Crippen LogP contribution in [-0.2, 0) is 15.9 Å². The van der Waals surface area contributed by atoms with Gasteiger partial charge in [-0.2, -0.15) is 4.98 Å². The molecular formula is C24H38N2O6. The van der Waals surface area contributed by atoms with Crippen molar-refractivity contribution >= 4 is 11.1 Å². The Morgan fingerprint density at radius 2 is 1.84 bits per heavy atom. The minimum atomic E-state index is -0.799. The van der Waals surface area contributed by atoms with Crippen LogP contribution < -0.4 is 5.69 Å². The van der Waals surface area contributed by atoms with Crippen molar-refractivity contribution in [3.8, 4) is 0 Å². The summed E-state index contributed by atoms with van der Waals surface area (Å²) in [6, 6.07) is 1.92. The fourth-order valence-electron chi connectivity index (χ4n) is 4.09. The van der Waals surface area contributed by atoms with Crippen molar-refractivity contribution in [1.29, 1.82) is 0 Å². The van der Waals surface area contributed by atoms with Gasteiger partial charge in [-0.15, -0.1) is 0 Å². The van der Waals surface area contributed by atoms with Gasteiger partial charge in [0.1, 0.15) is 18.1 Å². The molecule has 180 valence electrons. The second-order valence-electron chi connectivity index (χ2n) is 8.71. The highest BCUT2D eigenvalue weighted by molar-refractivity contribution is 5.72. The Morgan fingerprint density at radius 3 is 2.56 bits per heavy atom. The van der Waals surface area contributed by atoms with E-state index in [4.69, 9.17) is 13.9 Å². The summed E-state index contributed by atoms with van der Waals surface area (Å²) >= 11 is 0. The fraction of sp³-hybridized carbons (Fsp3) is 0.750. The Hall–Kier alpha value is -1.74. The van der Waals surface area contributed by atoms with Crippen LogP contribution in [0.2, 0.25) is 0 Å². The lowest BCUT2D eigenvalue weighted by Gasteiger charge is -2.13. The lowest BCUT2D eigenvalue weighted by atomic mass is 10.1. The maximum Gasteiger partial charge on any atom is 0.353 e. The van der Waals surface area contributed by atoms with Gasteiger partial charge < -0.3 is 24.1 Å². The molecule has 0 aliphatic carbocycles. The molecule has 1 aliphatic rings. The summed E-state index contributed by atoms with van der Waals surface area (Å²) in [5.74, 6) is 0.828. The van der Waals surface area contributed by atoms with Crippen LogP contribution in [0.1, 0.15) is 83.1 Å². The maximum absolute atomic E-state index is 12.4. The number of furan rings is 1. The molecule has 1 saturated heterocycles. The number of rotatable bonds is 15. The van der Waals surface area contributed by atoms with Gasteiger partial charge >= 0.3 is 5.69 Å². The number of aromatic nitrogens is 2. The number of fused-ring (bicyclic) bond motifs is 1. The van der Waals surface area contributed by atoms with E-state index in [9.17, 15) is 15.0 Å². The Balaban J connectivity index is 1.37. The van der Waals surface area contributed by atoms with Gasteiger partial charge in [0.25, 0.3) is 0 Å². The minimum Gasteiger partial charge on any atom is -0.443 e. The van der Waals surface area contributed by atoms with E-state index in [2.05, 4.69) is 11.9 Å². The summed E-state index contributed by atoms with van der Waals surface area (Å²) in [7, 11) is 0. The van der Waals surface area contributed by atoms with Crippen LogP contribution >= 0.6 is 0 Å². The number of aryl methyl sites for hydroxylation is 1.